The number of amides is 1. The lowest BCUT2D eigenvalue weighted by Crippen LogP contribution is -2.25. The van der Waals surface area contributed by atoms with Gasteiger partial charge < -0.3 is 9.88 Å². The minimum atomic E-state index is -0.308. The van der Waals surface area contributed by atoms with E-state index in [-0.39, 0.29) is 11.5 Å². The summed E-state index contributed by atoms with van der Waals surface area (Å²) >= 11 is 0. The molecule has 0 aliphatic heterocycles. The Hall–Kier alpha value is -2.80. The van der Waals surface area contributed by atoms with Crippen LogP contribution in [0.25, 0.3) is 6.08 Å². The van der Waals surface area contributed by atoms with Gasteiger partial charge in [-0.25, -0.2) is 0 Å². The Morgan fingerprint density at radius 2 is 2.00 bits per heavy atom. The van der Waals surface area contributed by atoms with Gasteiger partial charge >= 0.3 is 0 Å². The SMILES string of the molecule is CCn1c(C)cc(/C=C(/C#N)C(=O)NCCCc2ccccc2)c1C. The molecule has 1 aromatic carbocycles. The average Bonchev–Trinajstić information content (AvgIpc) is 2.90. The maximum absolute atomic E-state index is 12.3. The third kappa shape index (κ3) is 4.84. The van der Waals surface area contributed by atoms with Gasteiger partial charge in [0, 0.05) is 24.5 Å². The molecule has 0 radical (unpaired) electrons. The summed E-state index contributed by atoms with van der Waals surface area (Å²) in [5.41, 5.74) is 4.53. The Labute approximate surface area is 149 Å². The number of carbonyl (C=O) groups is 1. The molecule has 1 heterocycles. The Morgan fingerprint density at radius 3 is 2.60 bits per heavy atom. The molecule has 1 amide bonds. The largest absolute Gasteiger partial charge is 0.351 e. The second kappa shape index (κ2) is 8.89. The molecular weight excluding hydrogens is 310 g/mol. The van der Waals surface area contributed by atoms with Crippen molar-refractivity contribution in [1.29, 1.82) is 5.26 Å². The van der Waals surface area contributed by atoms with E-state index in [1.165, 1.54) is 5.56 Å². The van der Waals surface area contributed by atoms with Crippen molar-refractivity contribution in [3.05, 3.63) is 64.5 Å². The van der Waals surface area contributed by atoms with E-state index >= 15 is 0 Å². The maximum atomic E-state index is 12.3. The van der Waals surface area contributed by atoms with Gasteiger partial charge in [-0.2, -0.15) is 5.26 Å². The molecule has 130 valence electrons. The van der Waals surface area contributed by atoms with Crippen molar-refractivity contribution in [3.63, 3.8) is 0 Å². The molecule has 0 saturated carbocycles. The van der Waals surface area contributed by atoms with Crippen LogP contribution < -0.4 is 5.32 Å². The summed E-state index contributed by atoms with van der Waals surface area (Å²) in [7, 11) is 0. The number of benzene rings is 1. The van der Waals surface area contributed by atoms with Gasteiger partial charge in [0.25, 0.3) is 5.91 Å². The fourth-order valence-corrected chi connectivity index (χ4v) is 3.00. The third-order valence-corrected chi connectivity index (χ3v) is 4.36. The van der Waals surface area contributed by atoms with E-state index < -0.39 is 0 Å². The quantitative estimate of drug-likeness (QED) is 0.475. The number of nitriles is 1. The zero-order chi connectivity index (χ0) is 18.2. The molecule has 0 aliphatic rings. The van der Waals surface area contributed by atoms with Crippen molar-refractivity contribution >= 4 is 12.0 Å². The second-order valence-corrected chi connectivity index (χ2v) is 6.09. The second-order valence-electron chi connectivity index (χ2n) is 6.09. The lowest BCUT2D eigenvalue weighted by molar-refractivity contribution is -0.117. The number of aromatic nitrogens is 1. The Bertz CT molecular complexity index is 795. The van der Waals surface area contributed by atoms with Crippen molar-refractivity contribution in [1.82, 2.24) is 9.88 Å². The van der Waals surface area contributed by atoms with Crippen molar-refractivity contribution in [3.8, 4) is 6.07 Å². The number of aryl methyl sites for hydroxylation is 2. The van der Waals surface area contributed by atoms with Gasteiger partial charge in [-0.15, -0.1) is 0 Å². The lowest BCUT2D eigenvalue weighted by Gasteiger charge is -2.06. The summed E-state index contributed by atoms with van der Waals surface area (Å²) < 4.78 is 2.17. The molecule has 1 aromatic heterocycles. The lowest BCUT2D eigenvalue weighted by atomic mass is 10.1. The first kappa shape index (κ1) is 18.5. The summed E-state index contributed by atoms with van der Waals surface area (Å²) in [6.07, 6.45) is 3.43. The van der Waals surface area contributed by atoms with Crippen molar-refractivity contribution < 1.29 is 4.79 Å². The van der Waals surface area contributed by atoms with Gasteiger partial charge in [0.1, 0.15) is 11.6 Å². The molecule has 0 aliphatic carbocycles. The number of nitrogens with one attached hydrogen (secondary N) is 1. The van der Waals surface area contributed by atoms with E-state index in [1.54, 1.807) is 6.08 Å². The van der Waals surface area contributed by atoms with Gasteiger partial charge in [0.05, 0.1) is 0 Å². The number of rotatable bonds is 7. The molecule has 0 spiro atoms. The smallest absolute Gasteiger partial charge is 0.261 e. The first-order chi connectivity index (χ1) is 12.1. The fourth-order valence-electron chi connectivity index (χ4n) is 3.00. The summed E-state index contributed by atoms with van der Waals surface area (Å²) in [6, 6.07) is 14.2. The molecule has 0 fully saturated rings. The summed E-state index contributed by atoms with van der Waals surface area (Å²) in [5.74, 6) is -0.308. The first-order valence-corrected chi connectivity index (χ1v) is 8.67. The first-order valence-electron chi connectivity index (χ1n) is 8.67. The molecule has 25 heavy (non-hydrogen) atoms. The van der Waals surface area contributed by atoms with Crippen LogP contribution in [-0.2, 0) is 17.8 Å². The predicted octanol–water partition coefficient (Wildman–Crippen LogP) is 3.78. The highest BCUT2D eigenvalue weighted by atomic mass is 16.1. The predicted molar refractivity (Wildman–Crippen MR) is 101 cm³/mol. The maximum Gasteiger partial charge on any atom is 0.261 e. The minimum Gasteiger partial charge on any atom is -0.351 e. The van der Waals surface area contributed by atoms with Crippen LogP contribution in [0.15, 0.2) is 42.0 Å². The van der Waals surface area contributed by atoms with E-state index in [2.05, 4.69) is 28.9 Å². The number of nitrogens with zero attached hydrogens (tertiary/aromatic N) is 2. The molecule has 0 saturated heterocycles. The van der Waals surface area contributed by atoms with Crippen LogP contribution in [0.3, 0.4) is 0 Å². The molecule has 4 nitrogen and oxygen atoms in total. The minimum absolute atomic E-state index is 0.149. The topological polar surface area (TPSA) is 57.8 Å². The van der Waals surface area contributed by atoms with Gasteiger partial charge in [-0.3, -0.25) is 4.79 Å². The van der Waals surface area contributed by atoms with E-state index in [9.17, 15) is 10.1 Å². The summed E-state index contributed by atoms with van der Waals surface area (Å²) in [4.78, 5) is 12.3. The summed E-state index contributed by atoms with van der Waals surface area (Å²) in [6.45, 7) is 7.55. The third-order valence-electron chi connectivity index (χ3n) is 4.36. The monoisotopic (exact) mass is 335 g/mol. The Kier molecular flexibility index (Phi) is 6.59. The normalized spacial score (nSPS) is 11.2. The van der Waals surface area contributed by atoms with Gasteiger partial charge in [0.2, 0.25) is 0 Å². The average molecular weight is 335 g/mol. The fraction of sp³-hybridized carbons (Fsp3) is 0.333. The highest BCUT2D eigenvalue weighted by Crippen LogP contribution is 2.18. The van der Waals surface area contributed by atoms with Gasteiger partial charge in [0.15, 0.2) is 0 Å². The van der Waals surface area contributed by atoms with E-state index in [0.717, 1.165) is 36.3 Å². The molecular formula is C21H25N3O. The van der Waals surface area contributed by atoms with Gasteiger partial charge in [-0.1, -0.05) is 30.3 Å². The molecule has 2 aromatic rings. The van der Waals surface area contributed by atoms with Crippen LogP contribution in [0, 0.1) is 25.2 Å². The molecule has 4 heteroatoms. The van der Waals surface area contributed by atoms with Crippen LogP contribution in [0.5, 0.6) is 0 Å². The number of carbonyl (C=O) groups excluding carboxylic acids is 1. The van der Waals surface area contributed by atoms with Crippen LogP contribution >= 0.6 is 0 Å². The van der Waals surface area contributed by atoms with Crippen molar-refractivity contribution in [2.24, 2.45) is 0 Å². The zero-order valence-corrected chi connectivity index (χ0v) is 15.2. The number of hydrogen-bond donors (Lipinski definition) is 1. The standard InChI is InChI=1S/C21H25N3O/c1-4-24-16(2)13-19(17(24)3)14-20(15-22)21(25)23-12-8-11-18-9-6-5-7-10-18/h5-7,9-10,13-14H,4,8,11-12H2,1-3H3,(H,23,25)/b20-14-. The van der Waals surface area contributed by atoms with Crippen molar-refractivity contribution in [2.75, 3.05) is 6.54 Å². The van der Waals surface area contributed by atoms with E-state index in [1.807, 2.05) is 44.2 Å². The van der Waals surface area contributed by atoms with E-state index in [0.29, 0.717) is 6.54 Å². The zero-order valence-electron chi connectivity index (χ0n) is 15.2. The van der Waals surface area contributed by atoms with Crippen LogP contribution in [0.4, 0.5) is 0 Å². The Balaban J connectivity index is 1.96. The van der Waals surface area contributed by atoms with Crippen LogP contribution in [0.2, 0.25) is 0 Å². The van der Waals surface area contributed by atoms with Gasteiger partial charge in [-0.05, 0) is 56.9 Å². The molecule has 1 N–H and O–H groups in total. The summed E-state index contributed by atoms with van der Waals surface area (Å²) in [5, 5.41) is 12.2. The molecule has 2 rings (SSSR count). The van der Waals surface area contributed by atoms with E-state index in [4.69, 9.17) is 0 Å². The molecule has 0 bridgehead atoms. The molecule has 0 atom stereocenters. The van der Waals surface area contributed by atoms with Crippen LogP contribution in [-0.4, -0.2) is 17.0 Å². The highest BCUT2D eigenvalue weighted by Gasteiger charge is 2.12. The number of hydrogen-bond acceptors (Lipinski definition) is 2. The van der Waals surface area contributed by atoms with Crippen LogP contribution in [0.1, 0.15) is 35.9 Å². The molecule has 0 unspecified atom stereocenters. The van der Waals surface area contributed by atoms with Crippen molar-refractivity contribution in [2.45, 2.75) is 40.2 Å². The highest BCUT2D eigenvalue weighted by molar-refractivity contribution is 6.01. The Morgan fingerprint density at radius 1 is 1.28 bits per heavy atom.